The number of anilines is 1. The van der Waals surface area contributed by atoms with Gasteiger partial charge in [-0.05, 0) is 25.3 Å². The minimum Gasteiger partial charge on any atom is -0.385 e. The van der Waals surface area contributed by atoms with Crippen LogP contribution in [0.2, 0.25) is 5.02 Å². The first-order valence-corrected chi connectivity index (χ1v) is 5.51. The van der Waals surface area contributed by atoms with Crippen LogP contribution in [-0.4, -0.2) is 10.1 Å². The van der Waals surface area contributed by atoms with E-state index in [9.17, 15) is 5.11 Å². The molecule has 1 saturated carbocycles. The van der Waals surface area contributed by atoms with Gasteiger partial charge in [0.1, 0.15) is 5.82 Å². The van der Waals surface area contributed by atoms with Gasteiger partial charge in [-0.1, -0.05) is 24.4 Å². The van der Waals surface area contributed by atoms with Gasteiger partial charge in [0.25, 0.3) is 0 Å². The lowest BCUT2D eigenvalue weighted by Gasteiger charge is -2.24. The molecule has 1 fully saturated rings. The summed E-state index contributed by atoms with van der Waals surface area (Å²) in [5.74, 6) is 0.989. The van der Waals surface area contributed by atoms with Crippen LogP contribution in [0.3, 0.4) is 0 Å². The maximum absolute atomic E-state index is 10.3. The Kier molecular flexibility index (Phi) is 2.61. The molecule has 1 aromatic rings. The van der Waals surface area contributed by atoms with Gasteiger partial charge in [-0.25, -0.2) is 4.98 Å². The third-order valence-electron chi connectivity index (χ3n) is 2.85. The first-order valence-electron chi connectivity index (χ1n) is 5.13. The van der Waals surface area contributed by atoms with E-state index in [0.29, 0.717) is 22.3 Å². The molecular weight excluding hydrogens is 212 g/mol. The largest absolute Gasteiger partial charge is 0.385 e. The lowest BCUT2D eigenvalue weighted by molar-refractivity contribution is 0.0422. The van der Waals surface area contributed by atoms with Crippen LogP contribution >= 0.6 is 11.6 Å². The van der Waals surface area contributed by atoms with Crippen molar-refractivity contribution in [3.63, 3.8) is 0 Å². The van der Waals surface area contributed by atoms with Gasteiger partial charge in [0.05, 0.1) is 10.6 Å². The molecule has 0 saturated heterocycles. The van der Waals surface area contributed by atoms with Crippen LogP contribution in [0.1, 0.15) is 31.7 Å². The second-order valence-corrected chi connectivity index (χ2v) is 4.94. The normalized spacial score (nSPS) is 19.9. The van der Waals surface area contributed by atoms with Gasteiger partial charge >= 0.3 is 0 Å². The first-order chi connectivity index (χ1) is 6.99. The Labute approximate surface area is 94.3 Å². The summed E-state index contributed by atoms with van der Waals surface area (Å²) in [6.45, 7) is 1.77. The van der Waals surface area contributed by atoms with Crippen LogP contribution in [0.15, 0.2) is 12.3 Å². The average molecular weight is 227 g/mol. The van der Waals surface area contributed by atoms with Crippen molar-refractivity contribution >= 4 is 17.4 Å². The van der Waals surface area contributed by atoms with E-state index in [1.54, 1.807) is 13.0 Å². The molecule has 1 heterocycles. The van der Waals surface area contributed by atoms with Crippen molar-refractivity contribution in [3.8, 4) is 0 Å². The van der Waals surface area contributed by atoms with Crippen molar-refractivity contribution in [1.29, 1.82) is 0 Å². The molecule has 1 aromatic heterocycles. The van der Waals surface area contributed by atoms with Crippen molar-refractivity contribution < 1.29 is 5.11 Å². The molecule has 3 nitrogen and oxygen atoms in total. The van der Waals surface area contributed by atoms with Crippen LogP contribution in [0.4, 0.5) is 5.82 Å². The zero-order chi connectivity index (χ0) is 11.1. The van der Waals surface area contributed by atoms with Gasteiger partial charge < -0.3 is 10.8 Å². The molecule has 0 aromatic carbocycles. The number of pyridine rings is 1. The molecule has 0 bridgehead atoms. The van der Waals surface area contributed by atoms with E-state index >= 15 is 0 Å². The molecule has 0 aliphatic heterocycles. The second kappa shape index (κ2) is 3.65. The van der Waals surface area contributed by atoms with Gasteiger partial charge in [0.15, 0.2) is 0 Å². The Morgan fingerprint density at radius 1 is 1.67 bits per heavy atom. The summed E-state index contributed by atoms with van der Waals surface area (Å²) in [6, 6.07) is 1.70. The molecule has 0 amide bonds. The van der Waals surface area contributed by atoms with Crippen LogP contribution in [0, 0.1) is 5.92 Å². The number of nitrogens with two attached hydrogens (primary N) is 1. The number of hydrogen-bond acceptors (Lipinski definition) is 3. The molecule has 0 radical (unpaired) electrons. The maximum atomic E-state index is 10.3. The highest BCUT2D eigenvalue weighted by Crippen LogP contribution is 2.41. The van der Waals surface area contributed by atoms with Crippen LogP contribution < -0.4 is 5.73 Å². The SMILES string of the molecule is CC(O)(CC1CC1)c1cc(Cl)cnc1N. The van der Waals surface area contributed by atoms with E-state index in [4.69, 9.17) is 17.3 Å². The molecule has 82 valence electrons. The van der Waals surface area contributed by atoms with Crippen molar-refractivity contribution in [2.45, 2.75) is 31.8 Å². The number of nitrogens with zero attached hydrogens (tertiary/aromatic N) is 1. The van der Waals surface area contributed by atoms with Gasteiger partial charge in [-0.3, -0.25) is 0 Å². The molecular formula is C11H15ClN2O. The monoisotopic (exact) mass is 226 g/mol. The topological polar surface area (TPSA) is 59.1 Å². The minimum absolute atomic E-state index is 0.366. The third kappa shape index (κ3) is 2.41. The van der Waals surface area contributed by atoms with Gasteiger partial charge in [0.2, 0.25) is 0 Å². The lowest BCUT2D eigenvalue weighted by atomic mass is 9.91. The summed E-state index contributed by atoms with van der Waals surface area (Å²) < 4.78 is 0. The molecule has 1 unspecified atom stereocenters. The number of hydrogen-bond donors (Lipinski definition) is 2. The summed E-state index contributed by atoms with van der Waals surface area (Å²) in [5.41, 5.74) is 5.47. The van der Waals surface area contributed by atoms with Crippen molar-refractivity contribution in [2.75, 3.05) is 5.73 Å². The highest BCUT2D eigenvalue weighted by molar-refractivity contribution is 6.30. The Balaban J connectivity index is 2.28. The standard InChI is InChI=1S/C11H15ClN2O/c1-11(15,5-7-2-3-7)9-4-8(12)6-14-10(9)13/h4,6-7,15H,2-3,5H2,1H3,(H2,13,14). The number of aliphatic hydroxyl groups is 1. The zero-order valence-electron chi connectivity index (χ0n) is 8.70. The summed E-state index contributed by atoms with van der Waals surface area (Å²) >= 11 is 5.85. The van der Waals surface area contributed by atoms with Crippen LogP contribution in [-0.2, 0) is 5.60 Å². The molecule has 0 spiro atoms. The molecule has 1 aliphatic carbocycles. The summed E-state index contributed by atoms with van der Waals surface area (Å²) in [7, 11) is 0. The highest BCUT2D eigenvalue weighted by atomic mass is 35.5. The molecule has 15 heavy (non-hydrogen) atoms. The smallest absolute Gasteiger partial charge is 0.129 e. The third-order valence-corrected chi connectivity index (χ3v) is 3.06. The zero-order valence-corrected chi connectivity index (χ0v) is 9.46. The predicted molar refractivity (Wildman–Crippen MR) is 60.6 cm³/mol. The molecule has 4 heteroatoms. The number of nitrogen functional groups attached to an aromatic ring is 1. The van der Waals surface area contributed by atoms with Crippen molar-refractivity contribution in [2.24, 2.45) is 5.92 Å². The van der Waals surface area contributed by atoms with E-state index in [2.05, 4.69) is 4.98 Å². The highest BCUT2D eigenvalue weighted by Gasteiger charge is 2.34. The minimum atomic E-state index is -0.914. The number of halogens is 1. The lowest BCUT2D eigenvalue weighted by Crippen LogP contribution is -2.24. The fourth-order valence-electron chi connectivity index (χ4n) is 1.88. The first kappa shape index (κ1) is 10.7. The van der Waals surface area contributed by atoms with Crippen molar-refractivity contribution in [1.82, 2.24) is 4.98 Å². The summed E-state index contributed by atoms with van der Waals surface area (Å²) in [4.78, 5) is 3.96. The van der Waals surface area contributed by atoms with E-state index in [-0.39, 0.29) is 0 Å². The molecule has 1 atom stereocenters. The molecule has 1 aliphatic rings. The Morgan fingerprint density at radius 3 is 2.93 bits per heavy atom. The predicted octanol–water partition coefficient (Wildman–Crippen LogP) is 2.32. The quantitative estimate of drug-likeness (QED) is 0.832. The average Bonchev–Trinajstić information content (AvgIpc) is 2.92. The fourth-order valence-corrected chi connectivity index (χ4v) is 2.03. The van der Waals surface area contributed by atoms with Crippen LogP contribution in [0.5, 0.6) is 0 Å². The molecule has 2 rings (SSSR count). The van der Waals surface area contributed by atoms with Crippen molar-refractivity contribution in [3.05, 3.63) is 22.8 Å². The maximum Gasteiger partial charge on any atom is 0.129 e. The van der Waals surface area contributed by atoms with Crippen LogP contribution in [0.25, 0.3) is 0 Å². The van der Waals surface area contributed by atoms with E-state index in [0.717, 1.165) is 6.42 Å². The summed E-state index contributed by atoms with van der Waals surface area (Å²) in [6.07, 6.45) is 4.63. The second-order valence-electron chi connectivity index (χ2n) is 4.51. The van der Waals surface area contributed by atoms with Gasteiger partial charge in [0, 0.05) is 11.8 Å². The molecule has 3 N–H and O–H groups in total. The van der Waals surface area contributed by atoms with E-state index in [1.807, 2.05) is 0 Å². The van der Waals surface area contributed by atoms with E-state index < -0.39 is 5.60 Å². The number of aromatic nitrogens is 1. The fraction of sp³-hybridized carbons (Fsp3) is 0.545. The Morgan fingerprint density at radius 2 is 2.33 bits per heavy atom. The Hall–Kier alpha value is -0.800. The number of rotatable bonds is 3. The Bertz CT molecular complexity index is 375. The van der Waals surface area contributed by atoms with Gasteiger partial charge in [-0.15, -0.1) is 0 Å². The van der Waals surface area contributed by atoms with Gasteiger partial charge in [-0.2, -0.15) is 0 Å². The van der Waals surface area contributed by atoms with E-state index in [1.165, 1.54) is 19.0 Å². The summed E-state index contributed by atoms with van der Waals surface area (Å²) in [5, 5.41) is 10.8.